The van der Waals surface area contributed by atoms with E-state index < -0.39 is 28.6 Å². The molecule has 122 valence electrons. The van der Waals surface area contributed by atoms with Crippen LogP contribution < -0.4 is 10.0 Å². The van der Waals surface area contributed by atoms with Crippen molar-refractivity contribution in [3.05, 3.63) is 29.3 Å². The summed E-state index contributed by atoms with van der Waals surface area (Å²) in [5.74, 6) is -0.526. The summed E-state index contributed by atoms with van der Waals surface area (Å²) in [5.41, 5.74) is -0.309. The lowest BCUT2D eigenvalue weighted by molar-refractivity contribution is -0.126. The van der Waals surface area contributed by atoms with E-state index >= 15 is 0 Å². The molecule has 0 saturated heterocycles. The second-order valence-electron chi connectivity index (χ2n) is 5.71. The number of halogens is 1. The molecule has 1 aromatic carbocycles. The van der Waals surface area contributed by atoms with Gasteiger partial charge in [-0.25, -0.2) is 8.42 Å². The maximum Gasteiger partial charge on any atom is 0.241 e. The lowest BCUT2D eigenvalue weighted by atomic mass is 9.78. The Morgan fingerprint density at radius 1 is 1.36 bits per heavy atom. The van der Waals surface area contributed by atoms with Crippen molar-refractivity contribution in [3.8, 4) is 0 Å². The second-order valence-corrected chi connectivity index (χ2v) is 7.86. The molecule has 2 rings (SSSR count). The minimum Gasteiger partial charge on any atom is -0.394 e. The molecule has 1 amide bonds. The minimum absolute atomic E-state index is 0.0157. The molecule has 1 atom stereocenters. The van der Waals surface area contributed by atoms with Crippen molar-refractivity contribution in [2.75, 3.05) is 6.61 Å². The largest absolute Gasteiger partial charge is 0.394 e. The zero-order valence-electron chi connectivity index (χ0n) is 12.2. The maximum atomic E-state index is 12.2. The van der Waals surface area contributed by atoms with E-state index in [4.69, 9.17) is 11.6 Å². The van der Waals surface area contributed by atoms with Gasteiger partial charge in [0.05, 0.1) is 11.5 Å². The number of carbonyl (C=O) groups excluding carboxylic acids is 1. The van der Waals surface area contributed by atoms with E-state index in [-0.39, 0.29) is 10.4 Å². The van der Waals surface area contributed by atoms with E-state index in [0.29, 0.717) is 5.02 Å². The van der Waals surface area contributed by atoms with Gasteiger partial charge in [-0.05, 0) is 50.5 Å². The average molecular weight is 347 g/mol. The van der Waals surface area contributed by atoms with Gasteiger partial charge in [-0.3, -0.25) is 4.79 Å². The van der Waals surface area contributed by atoms with Crippen LogP contribution in [0.4, 0.5) is 0 Å². The summed E-state index contributed by atoms with van der Waals surface area (Å²) in [6, 6.07) is 4.34. The van der Waals surface area contributed by atoms with E-state index in [1.165, 1.54) is 24.3 Å². The van der Waals surface area contributed by atoms with Gasteiger partial charge < -0.3 is 10.4 Å². The third-order valence-electron chi connectivity index (χ3n) is 3.80. The smallest absolute Gasteiger partial charge is 0.241 e. The Labute approximate surface area is 134 Å². The standard InChI is InChI=1S/C14H19ClN2O4S/c1-14(7-2-8-14)16-13(19)12(9-18)17-22(20,21)11-5-3-10(15)4-6-11/h3-6,12,17-18H,2,7-9H2,1H3,(H,16,19). The predicted octanol–water partition coefficient (Wildman–Crippen LogP) is 1.04. The van der Waals surface area contributed by atoms with Gasteiger partial charge in [-0.1, -0.05) is 11.6 Å². The highest BCUT2D eigenvalue weighted by atomic mass is 35.5. The van der Waals surface area contributed by atoms with Crippen molar-refractivity contribution in [1.29, 1.82) is 0 Å². The van der Waals surface area contributed by atoms with Crippen molar-refractivity contribution in [3.63, 3.8) is 0 Å². The number of sulfonamides is 1. The molecular weight excluding hydrogens is 328 g/mol. The van der Waals surface area contributed by atoms with E-state index in [2.05, 4.69) is 10.0 Å². The second kappa shape index (κ2) is 6.54. The summed E-state index contributed by atoms with van der Waals surface area (Å²) in [5, 5.41) is 12.5. The lowest BCUT2D eigenvalue weighted by Crippen LogP contribution is -2.58. The Kier molecular flexibility index (Phi) is 5.11. The van der Waals surface area contributed by atoms with Gasteiger partial charge in [0.2, 0.25) is 15.9 Å². The molecule has 0 radical (unpaired) electrons. The molecule has 1 fully saturated rings. The number of carbonyl (C=O) groups is 1. The Balaban J connectivity index is 2.08. The number of hydrogen-bond acceptors (Lipinski definition) is 4. The minimum atomic E-state index is -3.91. The summed E-state index contributed by atoms with van der Waals surface area (Å²) in [6.07, 6.45) is 2.72. The van der Waals surface area contributed by atoms with Crippen molar-refractivity contribution in [1.82, 2.24) is 10.0 Å². The number of nitrogens with one attached hydrogen (secondary N) is 2. The summed E-state index contributed by atoms with van der Waals surface area (Å²) in [6.45, 7) is 1.28. The Morgan fingerprint density at radius 3 is 2.41 bits per heavy atom. The zero-order chi connectivity index (χ0) is 16.4. The Morgan fingerprint density at radius 2 is 1.95 bits per heavy atom. The molecular formula is C14H19ClN2O4S. The number of aliphatic hydroxyl groups excluding tert-OH is 1. The number of rotatable bonds is 6. The van der Waals surface area contributed by atoms with Gasteiger partial charge in [0.25, 0.3) is 0 Å². The van der Waals surface area contributed by atoms with Crippen LogP contribution in [-0.4, -0.2) is 37.6 Å². The van der Waals surface area contributed by atoms with E-state index in [9.17, 15) is 18.3 Å². The van der Waals surface area contributed by atoms with Gasteiger partial charge in [0, 0.05) is 10.6 Å². The molecule has 0 bridgehead atoms. The lowest BCUT2D eigenvalue weighted by Gasteiger charge is -2.40. The van der Waals surface area contributed by atoms with Crippen LogP contribution in [0.15, 0.2) is 29.2 Å². The number of amides is 1. The highest BCUT2D eigenvalue weighted by Gasteiger charge is 2.36. The van der Waals surface area contributed by atoms with Crippen molar-refractivity contribution >= 4 is 27.5 Å². The maximum absolute atomic E-state index is 12.2. The first-order valence-electron chi connectivity index (χ1n) is 6.96. The molecule has 8 heteroatoms. The zero-order valence-corrected chi connectivity index (χ0v) is 13.7. The number of benzene rings is 1. The summed E-state index contributed by atoms with van der Waals surface area (Å²) in [4.78, 5) is 12.1. The molecule has 6 nitrogen and oxygen atoms in total. The van der Waals surface area contributed by atoms with Crippen molar-refractivity contribution in [2.24, 2.45) is 0 Å². The molecule has 0 heterocycles. The van der Waals surface area contributed by atoms with Crippen LogP contribution in [0.3, 0.4) is 0 Å². The molecule has 22 heavy (non-hydrogen) atoms. The van der Waals surface area contributed by atoms with Crippen LogP contribution in [0.5, 0.6) is 0 Å². The summed E-state index contributed by atoms with van der Waals surface area (Å²) < 4.78 is 26.7. The van der Waals surface area contributed by atoms with Crippen LogP contribution in [0.2, 0.25) is 5.02 Å². The molecule has 1 aromatic rings. The van der Waals surface area contributed by atoms with Gasteiger partial charge >= 0.3 is 0 Å². The van der Waals surface area contributed by atoms with Crippen molar-refractivity contribution < 1.29 is 18.3 Å². The van der Waals surface area contributed by atoms with Crippen LogP contribution in [-0.2, 0) is 14.8 Å². The number of hydrogen-bond donors (Lipinski definition) is 3. The first kappa shape index (κ1) is 17.2. The summed E-state index contributed by atoms with van der Waals surface area (Å²) in [7, 11) is -3.91. The Bertz CT molecular complexity index is 641. The van der Waals surface area contributed by atoms with Gasteiger partial charge in [0.1, 0.15) is 6.04 Å². The monoisotopic (exact) mass is 346 g/mol. The van der Waals surface area contributed by atoms with Crippen LogP contribution in [0, 0.1) is 0 Å². The van der Waals surface area contributed by atoms with Crippen LogP contribution >= 0.6 is 11.6 Å². The highest BCUT2D eigenvalue weighted by Crippen LogP contribution is 2.30. The fourth-order valence-corrected chi connectivity index (χ4v) is 3.57. The molecule has 0 spiro atoms. The average Bonchev–Trinajstić information content (AvgIpc) is 2.43. The van der Waals surface area contributed by atoms with Crippen LogP contribution in [0.1, 0.15) is 26.2 Å². The van der Waals surface area contributed by atoms with E-state index in [1.54, 1.807) is 0 Å². The highest BCUT2D eigenvalue weighted by molar-refractivity contribution is 7.89. The molecule has 1 aliphatic rings. The third-order valence-corrected chi connectivity index (χ3v) is 5.54. The molecule has 3 N–H and O–H groups in total. The molecule has 0 aromatic heterocycles. The fraction of sp³-hybridized carbons (Fsp3) is 0.500. The van der Waals surface area contributed by atoms with Gasteiger partial charge in [-0.2, -0.15) is 4.72 Å². The predicted molar refractivity (Wildman–Crippen MR) is 83.0 cm³/mol. The molecule has 1 saturated carbocycles. The van der Waals surface area contributed by atoms with Gasteiger partial charge in [0.15, 0.2) is 0 Å². The SMILES string of the molecule is CC1(NC(=O)C(CO)NS(=O)(=O)c2ccc(Cl)cc2)CCC1. The normalized spacial score (nSPS) is 18.3. The fourth-order valence-electron chi connectivity index (χ4n) is 2.26. The molecule has 0 aliphatic heterocycles. The van der Waals surface area contributed by atoms with Crippen LogP contribution in [0.25, 0.3) is 0 Å². The molecule has 1 unspecified atom stereocenters. The first-order chi connectivity index (χ1) is 10.3. The Hall–Kier alpha value is -1.15. The van der Waals surface area contributed by atoms with E-state index in [1.807, 2.05) is 6.92 Å². The topological polar surface area (TPSA) is 95.5 Å². The van der Waals surface area contributed by atoms with Crippen molar-refractivity contribution in [2.45, 2.75) is 42.7 Å². The quantitative estimate of drug-likeness (QED) is 0.717. The van der Waals surface area contributed by atoms with E-state index in [0.717, 1.165) is 19.3 Å². The summed E-state index contributed by atoms with van der Waals surface area (Å²) >= 11 is 5.72. The first-order valence-corrected chi connectivity index (χ1v) is 8.83. The van der Waals surface area contributed by atoms with Gasteiger partial charge in [-0.15, -0.1) is 0 Å². The number of aliphatic hydroxyl groups is 1. The third kappa shape index (κ3) is 3.98. The molecule has 1 aliphatic carbocycles.